The summed E-state index contributed by atoms with van der Waals surface area (Å²) in [4.78, 5) is 28.5. The molecule has 7 nitrogen and oxygen atoms in total. The molecule has 0 aliphatic carbocycles. The summed E-state index contributed by atoms with van der Waals surface area (Å²) < 4.78 is 15.5. The fourth-order valence-corrected chi connectivity index (χ4v) is 3.66. The van der Waals surface area contributed by atoms with E-state index in [4.69, 9.17) is 0 Å². The van der Waals surface area contributed by atoms with Gasteiger partial charge in [0.2, 0.25) is 5.91 Å². The number of carbonyl (C=O) groups is 2. The molecule has 0 unspecified atom stereocenters. The summed E-state index contributed by atoms with van der Waals surface area (Å²) in [6.45, 7) is 4.29. The third-order valence-electron chi connectivity index (χ3n) is 5.24. The van der Waals surface area contributed by atoms with E-state index in [0.29, 0.717) is 44.1 Å². The first kappa shape index (κ1) is 20.7. The van der Waals surface area contributed by atoms with Crippen molar-refractivity contribution in [2.75, 3.05) is 31.5 Å². The van der Waals surface area contributed by atoms with Crippen LogP contribution in [0.3, 0.4) is 0 Å². The van der Waals surface area contributed by atoms with Gasteiger partial charge in [-0.3, -0.25) is 14.5 Å². The second kappa shape index (κ2) is 9.09. The van der Waals surface area contributed by atoms with Gasteiger partial charge in [-0.1, -0.05) is 36.4 Å². The smallest absolute Gasteiger partial charge is 0.274 e. The Morgan fingerprint density at radius 2 is 1.68 bits per heavy atom. The molecule has 1 fully saturated rings. The number of halogens is 1. The Bertz CT molecular complexity index is 1070. The summed E-state index contributed by atoms with van der Waals surface area (Å²) in [5.74, 6) is -0.192. The van der Waals surface area contributed by atoms with Gasteiger partial charge in [0.1, 0.15) is 11.6 Å². The van der Waals surface area contributed by atoms with Gasteiger partial charge in [-0.25, -0.2) is 9.07 Å². The van der Waals surface area contributed by atoms with Gasteiger partial charge in [-0.05, 0) is 18.2 Å². The molecule has 0 bridgehead atoms. The van der Waals surface area contributed by atoms with Gasteiger partial charge in [0.25, 0.3) is 5.91 Å². The number of rotatable bonds is 5. The highest BCUT2D eigenvalue weighted by Crippen LogP contribution is 2.19. The monoisotopic (exact) mass is 421 g/mol. The van der Waals surface area contributed by atoms with Crippen LogP contribution in [0.5, 0.6) is 0 Å². The van der Waals surface area contributed by atoms with Crippen LogP contribution in [-0.4, -0.2) is 57.6 Å². The third kappa shape index (κ3) is 4.80. The first-order chi connectivity index (χ1) is 15.0. The van der Waals surface area contributed by atoms with Crippen molar-refractivity contribution in [1.29, 1.82) is 0 Å². The summed E-state index contributed by atoms with van der Waals surface area (Å²) in [6.07, 6.45) is 0. The lowest BCUT2D eigenvalue weighted by atomic mass is 10.2. The molecule has 2 amide bonds. The molecule has 8 heteroatoms. The van der Waals surface area contributed by atoms with E-state index in [1.165, 1.54) is 13.0 Å². The molecule has 0 atom stereocenters. The molecule has 1 N–H and O–H groups in total. The molecule has 160 valence electrons. The van der Waals surface area contributed by atoms with Crippen molar-refractivity contribution in [2.45, 2.75) is 13.5 Å². The number of aromatic nitrogens is 2. The van der Waals surface area contributed by atoms with E-state index in [9.17, 15) is 14.0 Å². The minimum atomic E-state index is -0.238. The molecule has 0 spiro atoms. The highest BCUT2D eigenvalue weighted by Gasteiger charge is 2.25. The lowest BCUT2D eigenvalue weighted by Crippen LogP contribution is -2.48. The molecular formula is C23H24FN5O2. The van der Waals surface area contributed by atoms with E-state index in [-0.39, 0.29) is 23.3 Å². The zero-order valence-corrected chi connectivity index (χ0v) is 17.3. The van der Waals surface area contributed by atoms with Crippen LogP contribution in [0, 0.1) is 5.82 Å². The lowest BCUT2D eigenvalue weighted by Gasteiger charge is -2.34. The van der Waals surface area contributed by atoms with Crippen molar-refractivity contribution in [2.24, 2.45) is 0 Å². The van der Waals surface area contributed by atoms with Crippen molar-refractivity contribution in [1.82, 2.24) is 19.6 Å². The summed E-state index contributed by atoms with van der Waals surface area (Å²) in [6, 6.07) is 17.7. The number of carbonyl (C=O) groups excluding carboxylic acids is 2. The molecule has 2 aromatic carbocycles. The number of hydrogen-bond acceptors (Lipinski definition) is 4. The summed E-state index contributed by atoms with van der Waals surface area (Å²) >= 11 is 0. The maximum Gasteiger partial charge on any atom is 0.274 e. The van der Waals surface area contributed by atoms with Crippen LogP contribution in [0.2, 0.25) is 0 Å². The molecule has 0 saturated carbocycles. The van der Waals surface area contributed by atoms with E-state index < -0.39 is 0 Å². The first-order valence-corrected chi connectivity index (χ1v) is 10.2. The molecule has 3 aromatic rings. The number of para-hydroxylation sites is 1. The standard InChI is InChI=1S/C23H24FN5O2/c1-17(30)25-22-15-21(26-29(22)19-8-3-2-4-9-19)23(31)28-13-11-27(12-14-28)16-18-7-5-6-10-20(18)24/h2-10,15H,11-14,16H2,1H3,(H,25,30). The van der Waals surface area contributed by atoms with Crippen molar-refractivity contribution < 1.29 is 14.0 Å². The minimum Gasteiger partial charge on any atom is -0.335 e. The predicted octanol–water partition coefficient (Wildman–Crippen LogP) is 2.93. The Morgan fingerprint density at radius 3 is 2.35 bits per heavy atom. The normalized spacial score (nSPS) is 14.5. The molecule has 31 heavy (non-hydrogen) atoms. The highest BCUT2D eigenvalue weighted by molar-refractivity contribution is 5.95. The van der Waals surface area contributed by atoms with Crippen LogP contribution in [-0.2, 0) is 11.3 Å². The van der Waals surface area contributed by atoms with Crippen molar-refractivity contribution in [3.8, 4) is 5.69 Å². The van der Waals surface area contributed by atoms with E-state index >= 15 is 0 Å². The van der Waals surface area contributed by atoms with Crippen molar-refractivity contribution in [3.63, 3.8) is 0 Å². The lowest BCUT2D eigenvalue weighted by molar-refractivity contribution is -0.114. The second-order valence-electron chi connectivity index (χ2n) is 7.50. The van der Waals surface area contributed by atoms with Gasteiger partial charge in [0.05, 0.1) is 5.69 Å². The van der Waals surface area contributed by atoms with Gasteiger partial charge >= 0.3 is 0 Å². The number of amides is 2. The first-order valence-electron chi connectivity index (χ1n) is 10.2. The van der Waals surface area contributed by atoms with Crippen LogP contribution >= 0.6 is 0 Å². The molecule has 1 saturated heterocycles. The quantitative estimate of drug-likeness (QED) is 0.688. The third-order valence-corrected chi connectivity index (χ3v) is 5.24. The number of benzene rings is 2. The molecule has 2 heterocycles. The van der Waals surface area contributed by atoms with Crippen LogP contribution < -0.4 is 5.32 Å². The Morgan fingerprint density at radius 1 is 1.00 bits per heavy atom. The minimum absolute atomic E-state index is 0.188. The van der Waals surface area contributed by atoms with E-state index in [1.807, 2.05) is 36.4 Å². The Balaban J connectivity index is 1.46. The fraction of sp³-hybridized carbons (Fsp3) is 0.261. The summed E-state index contributed by atoms with van der Waals surface area (Å²) in [5.41, 5.74) is 1.68. The Kier molecular flexibility index (Phi) is 6.08. The van der Waals surface area contributed by atoms with E-state index in [0.717, 1.165) is 5.69 Å². The molecule has 0 radical (unpaired) electrons. The van der Waals surface area contributed by atoms with Gasteiger partial charge in [0.15, 0.2) is 5.69 Å². The van der Waals surface area contributed by atoms with Crippen molar-refractivity contribution in [3.05, 3.63) is 77.7 Å². The largest absolute Gasteiger partial charge is 0.335 e. The fourth-order valence-electron chi connectivity index (χ4n) is 3.66. The maximum atomic E-state index is 13.9. The van der Waals surface area contributed by atoms with E-state index in [2.05, 4.69) is 15.3 Å². The van der Waals surface area contributed by atoms with Crippen LogP contribution in [0.1, 0.15) is 23.0 Å². The summed E-state index contributed by atoms with van der Waals surface area (Å²) in [5, 5.41) is 7.19. The molecule has 1 aromatic heterocycles. The molecular weight excluding hydrogens is 397 g/mol. The van der Waals surface area contributed by atoms with Gasteiger partial charge in [0, 0.05) is 51.3 Å². The van der Waals surface area contributed by atoms with Crippen LogP contribution in [0.25, 0.3) is 5.69 Å². The number of nitrogens with zero attached hydrogens (tertiary/aromatic N) is 4. The highest BCUT2D eigenvalue weighted by atomic mass is 19.1. The number of anilines is 1. The zero-order valence-electron chi connectivity index (χ0n) is 17.3. The van der Waals surface area contributed by atoms with Crippen LogP contribution in [0.4, 0.5) is 10.2 Å². The van der Waals surface area contributed by atoms with Crippen molar-refractivity contribution >= 4 is 17.6 Å². The number of piperazine rings is 1. The average molecular weight is 421 g/mol. The van der Waals surface area contributed by atoms with Gasteiger partial charge in [-0.2, -0.15) is 5.10 Å². The Labute approximate surface area is 180 Å². The second-order valence-corrected chi connectivity index (χ2v) is 7.50. The molecule has 1 aliphatic rings. The number of nitrogens with one attached hydrogen (secondary N) is 1. The average Bonchev–Trinajstić information content (AvgIpc) is 3.19. The summed E-state index contributed by atoms with van der Waals surface area (Å²) in [7, 11) is 0. The van der Waals surface area contributed by atoms with E-state index in [1.54, 1.807) is 27.8 Å². The number of hydrogen-bond donors (Lipinski definition) is 1. The zero-order chi connectivity index (χ0) is 21.8. The van der Waals surface area contributed by atoms with Gasteiger partial charge in [-0.15, -0.1) is 0 Å². The maximum absolute atomic E-state index is 13.9. The van der Waals surface area contributed by atoms with Crippen LogP contribution in [0.15, 0.2) is 60.7 Å². The topological polar surface area (TPSA) is 70.5 Å². The predicted molar refractivity (Wildman–Crippen MR) is 115 cm³/mol. The Hall–Kier alpha value is -3.52. The molecule has 1 aliphatic heterocycles. The SMILES string of the molecule is CC(=O)Nc1cc(C(=O)N2CCN(Cc3ccccc3F)CC2)nn1-c1ccccc1. The van der Waals surface area contributed by atoms with Gasteiger partial charge < -0.3 is 10.2 Å². The molecule has 4 rings (SSSR count).